The normalized spacial score (nSPS) is 28.6. The second-order valence-electron chi connectivity index (χ2n) is 4.78. The van der Waals surface area contributed by atoms with E-state index in [1.165, 1.54) is 6.07 Å². The summed E-state index contributed by atoms with van der Waals surface area (Å²) >= 11 is 3.20. The van der Waals surface area contributed by atoms with E-state index in [0.717, 1.165) is 25.1 Å². The van der Waals surface area contributed by atoms with Crippen LogP contribution in [0.5, 0.6) is 0 Å². The zero-order chi connectivity index (χ0) is 12.5. The topological polar surface area (TPSA) is 21.3 Å². The molecule has 1 heterocycles. The number of halogens is 2. The van der Waals surface area contributed by atoms with Crippen molar-refractivity contribution >= 4 is 15.9 Å². The van der Waals surface area contributed by atoms with Crippen molar-refractivity contribution in [3.63, 3.8) is 0 Å². The molecule has 1 aromatic carbocycles. The van der Waals surface area contributed by atoms with Crippen LogP contribution in [-0.4, -0.2) is 18.2 Å². The molecule has 94 valence electrons. The summed E-state index contributed by atoms with van der Waals surface area (Å²) < 4.78 is 19.2. The first-order valence-corrected chi connectivity index (χ1v) is 6.61. The average Bonchev–Trinajstić information content (AvgIpc) is 2.62. The van der Waals surface area contributed by atoms with Crippen LogP contribution in [0.2, 0.25) is 0 Å². The fraction of sp³-hybridized carbons (Fsp3) is 0.538. The van der Waals surface area contributed by atoms with Gasteiger partial charge in [0.2, 0.25) is 0 Å². The summed E-state index contributed by atoms with van der Waals surface area (Å²) in [5.41, 5.74) is 1.08. The minimum atomic E-state index is -0.225. The fourth-order valence-corrected chi connectivity index (χ4v) is 2.45. The lowest BCUT2D eigenvalue weighted by Crippen LogP contribution is -2.47. The summed E-state index contributed by atoms with van der Waals surface area (Å²) in [5.74, 6) is -0.225. The highest BCUT2D eigenvalue weighted by Crippen LogP contribution is 2.26. The molecular weight excluding hydrogens is 285 g/mol. The third-order valence-corrected chi connectivity index (χ3v) is 4.17. The molecule has 4 heteroatoms. The molecule has 2 atom stereocenters. The van der Waals surface area contributed by atoms with Crippen LogP contribution in [0.25, 0.3) is 0 Å². The monoisotopic (exact) mass is 301 g/mol. The van der Waals surface area contributed by atoms with Crippen LogP contribution in [0, 0.1) is 5.82 Å². The van der Waals surface area contributed by atoms with Gasteiger partial charge in [-0.1, -0.05) is 6.07 Å². The predicted molar refractivity (Wildman–Crippen MR) is 69.4 cm³/mol. The van der Waals surface area contributed by atoms with E-state index in [2.05, 4.69) is 35.1 Å². The second-order valence-corrected chi connectivity index (χ2v) is 5.64. The van der Waals surface area contributed by atoms with Crippen LogP contribution < -0.4 is 5.32 Å². The van der Waals surface area contributed by atoms with Gasteiger partial charge in [-0.2, -0.15) is 0 Å². The number of hydrogen-bond acceptors (Lipinski definition) is 2. The Morgan fingerprint density at radius 1 is 1.59 bits per heavy atom. The fourth-order valence-electron chi connectivity index (χ4n) is 2.02. The van der Waals surface area contributed by atoms with Crippen molar-refractivity contribution in [2.45, 2.75) is 38.5 Å². The van der Waals surface area contributed by atoms with Crippen LogP contribution >= 0.6 is 15.9 Å². The van der Waals surface area contributed by atoms with Crippen LogP contribution in [-0.2, 0) is 11.3 Å². The number of hydrogen-bond donors (Lipinski definition) is 1. The van der Waals surface area contributed by atoms with Crippen LogP contribution in [0.4, 0.5) is 4.39 Å². The molecule has 0 amide bonds. The third-order valence-electron chi connectivity index (χ3n) is 3.57. The Labute approximate surface area is 110 Å². The maximum atomic E-state index is 13.1. The summed E-state index contributed by atoms with van der Waals surface area (Å²) in [5, 5.41) is 3.50. The molecule has 1 aliphatic heterocycles. The number of nitrogens with one attached hydrogen (secondary N) is 1. The zero-order valence-electron chi connectivity index (χ0n) is 10.1. The molecule has 1 saturated heterocycles. The van der Waals surface area contributed by atoms with Crippen molar-refractivity contribution < 1.29 is 9.13 Å². The lowest BCUT2D eigenvalue weighted by molar-refractivity contribution is 0.0881. The lowest BCUT2D eigenvalue weighted by atomic mass is 9.94. The molecule has 1 aromatic rings. The van der Waals surface area contributed by atoms with Crippen molar-refractivity contribution in [2.75, 3.05) is 6.61 Å². The minimum Gasteiger partial charge on any atom is -0.377 e. The third kappa shape index (κ3) is 2.87. The molecule has 2 nitrogen and oxygen atoms in total. The summed E-state index contributed by atoms with van der Waals surface area (Å²) in [4.78, 5) is 0. The van der Waals surface area contributed by atoms with Gasteiger partial charge in [-0.05, 0) is 53.9 Å². The van der Waals surface area contributed by atoms with Crippen molar-refractivity contribution in [2.24, 2.45) is 0 Å². The Morgan fingerprint density at radius 3 is 2.94 bits per heavy atom. The minimum absolute atomic E-state index is 0.0147. The van der Waals surface area contributed by atoms with Gasteiger partial charge in [0.1, 0.15) is 5.82 Å². The van der Waals surface area contributed by atoms with Gasteiger partial charge in [-0.15, -0.1) is 0 Å². The van der Waals surface area contributed by atoms with Crippen LogP contribution in [0.1, 0.15) is 25.8 Å². The first-order chi connectivity index (χ1) is 8.01. The van der Waals surface area contributed by atoms with E-state index in [4.69, 9.17) is 4.74 Å². The first-order valence-electron chi connectivity index (χ1n) is 5.82. The summed E-state index contributed by atoms with van der Waals surface area (Å²) in [6, 6.07) is 5.10. The van der Waals surface area contributed by atoms with E-state index < -0.39 is 0 Å². The molecular formula is C13H17BrFNO. The summed E-state index contributed by atoms with van der Waals surface area (Å²) in [6.07, 6.45) is 1.22. The van der Waals surface area contributed by atoms with Gasteiger partial charge in [0, 0.05) is 18.7 Å². The molecule has 0 aromatic heterocycles. The maximum Gasteiger partial charge on any atom is 0.137 e. The molecule has 0 spiro atoms. The van der Waals surface area contributed by atoms with Gasteiger partial charge >= 0.3 is 0 Å². The van der Waals surface area contributed by atoms with E-state index in [9.17, 15) is 4.39 Å². The Morgan fingerprint density at radius 2 is 2.35 bits per heavy atom. The highest BCUT2D eigenvalue weighted by Gasteiger charge is 2.36. The Kier molecular flexibility index (Phi) is 3.85. The molecule has 0 bridgehead atoms. The van der Waals surface area contributed by atoms with E-state index in [1.54, 1.807) is 6.07 Å². The highest BCUT2D eigenvalue weighted by molar-refractivity contribution is 9.10. The van der Waals surface area contributed by atoms with E-state index >= 15 is 0 Å². The smallest absolute Gasteiger partial charge is 0.137 e. The predicted octanol–water partition coefficient (Wildman–Crippen LogP) is 3.25. The largest absolute Gasteiger partial charge is 0.377 e. The van der Waals surface area contributed by atoms with Gasteiger partial charge in [-0.25, -0.2) is 4.39 Å². The molecule has 0 aliphatic carbocycles. The van der Waals surface area contributed by atoms with Crippen molar-refractivity contribution in [3.8, 4) is 0 Å². The van der Waals surface area contributed by atoms with Gasteiger partial charge in [0.25, 0.3) is 0 Å². The van der Waals surface area contributed by atoms with Crippen molar-refractivity contribution in [1.82, 2.24) is 5.32 Å². The van der Waals surface area contributed by atoms with Gasteiger partial charge in [-0.3, -0.25) is 0 Å². The Balaban J connectivity index is 2.00. The number of ether oxygens (including phenoxy) is 1. The average molecular weight is 302 g/mol. The number of rotatable bonds is 3. The van der Waals surface area contributed by atoms with E-state index in [1.807, 2.05) is 6.07 Å². The standard InChI is InChI=1S/C13H17BrFNO/c1-9-13(2,5-6-17-9)16-8-10-3-4-12(15)11(14)7-10/h3-4,7,9,16H,5-6,8H2,1-2H3. The molecule has 17 heavy (non-hydrogen) atoms. The first kappa shape index (κ1) is 13.0. The Hall–Kier alpha value is -0.450. The van der Waals surface area contributed by atoms with Gasteiger partial charge in [0.15, 0.2) is 0 Å². The summed E-state index contributed by atoms with van der Waals surface area (Å²) in [7, 11) is 0. The van der Waals surface area contributed by atoms with Crippen LogP contribution in [0.15, 0.2) is 22.7 Å². The molecule has 1 N–H and O–H groups in total. The van der Waals surface area contributed by atoms with Crippen LogP contribution in [0.3, 0.4) is 0 Å². The molecule has 1 aliphatic rings. The number of benzene rings is 1. The van der Waals surface area contributed by atoms with Gasteiger partial charge < -0.3 is 10.1 Å². The van der Waals surface area contributed by atoms with E-state index in [0.29, 0.717) is 4.47 Å². The van der Waals surface area contributed by atoms with E-state index in [-0.39, 0.29) is 17.5 Å². The molecule has 2 unspecified atom stereocenters. The maximum absolute atomic E-state index is 13.1. The molecule has 0 saturated carbocycles. The summed E-state index contributed by atoms with van der Waals surface area (Å²) in [6.45, 7) is 5.78. The van der Waals surface area contributed by atoms with Crippen molar-refractivity contribution in [1.29, 1.82) is 0 Å². The van der Waals surface area contributed by atoms with Gasteiger partial charge in [0.05, 0.1) is 10.6 Å². The molecule has 0 radical (unpaired) electrons. The van der Waals surface area contributed by atoms with Crippen molar-refractivity contribution in [3.05, 3.63) is 34.1 Å². The Bertz CT molecular complexity index is 412. The molecule has 2 rings (SSSR count). The second kappa shape index (κ2) is 5.04. The SMILES string of the molecule is CC1OCCC1(C)NCc1ccc(F)c(Br)c1. The highest BCUT2D eigenvalue weighted by atomic mass is 79.9. The molecule has 1 fully saturated rings. The quantitative estimate of drug-likeness (QED) is 0.925. The lowest BCUT2D eigenvalue weighted by Gasteiger charge is -2.29. The zero-order valence-corrected chi connectivity index (χ0v) is 11.7.